The molecule has 0 saturated heterocycles. The molecule has 2 aliphatic rings. The van der Waals surface area contributed by atoms with Crippen LogP contribution in [0.2, 0.25) is 0 Å². The van der Waals surface area contributed by atoms with Crippen LogP contribution in [-0.2, 0) is 0 Å². The van der Waals surface area contributed by atoms with Crippen LogP contribution in [0, 0.1) is 0 Å². The molecule has 8 nitrogen and oxygen atoms in total. The highest BCUT2D eigenvalue weighted by Gasteiger charge is 2.19. The van der Waals surface area contributed by atoms with Gasteiger partial charge in [-0.15, -0.1) is 0 Å². The first-order chi connectivity index (χ1) is 24.6. The van der Waals surface area contributed by atoms with Crippen LogP contribution in [0.5, 0.6) is 11.5 Å². The van der Waals surface area contributed by atoms with Gasteiger partial charge in [-0.3, -0.25) is 9.97 Å². The van der Waals surface area contributed by atoms with Crippen LogP contribution >= 0.6 is 0 Å². The standard InChI is InChI=1S/C42H28N6O2/c49-29-5-1-25(2-6-29)39-31-9-10-32(45-31)40(26-3-7-30(50)8-4-26)34-12-14-36(47-34)42(28-19-23-44-24-20-28)38-16-15-37(48-38)41(27-17-21-43-22-18-27)35-13-11-33(39)46-35/h1-24,46-47,49-50H. The minimum absolute atomic E-state index is 0.186. The maximum atomic E-state index is 10.2. The molecule has 0 saturated carbocycles. The Kier molecular flexibility index (Phi) is 6.91. The molecule has 5 aromatic heterocycles. The van der Waals surface area contributed by atoms with E-state index >= 15 is 0 Å². The van der Waals surface area contributed by atoms with E-state index in [9.17, 15) is 10.2 Å². The van der Waals surface area contributed by atoms with Gasteiger partial charge in [0.2, 0.25) is 0 Å². The van der Waals surface area contributed by atoms with Gasteiger partial charge in [0.05, 0.1) is 22.8 Å². The SMILES string of the molecule is Oc1ccc(-c2c3nc(c(-c4ccc(O)cc4)c4ccc([nH]4)c(-c4ccncc4)c4nc(c(-c5ccncc5)c5ccc2[nH]5)C=C4)C=C3)cc1. The van der Waals surface area contributed by atoms with Gasteiger partial charge >= 0.3 is 0 Å². The largest absolute Gasteiger partial charge is 0.508 e. The van der Waals surface area contributed by atoms with Gasteiger partial charge in [0.15, 0.2) is 0 Å². The molecule has 8 heteroatoms. The molecule has 2 aliphatic heterocycles. The number of nitrogens with zero attached hydrogens (tertiary/aromatic N) is 4. The fourth-order valence-electron chi connectivity index (χ4n) is 6.71. The summed E-state index contributed by atoms with van der Waals surface area (Å²) in [5.74, 6) is 0.372. The van der Waals surface area contributed by atoms with Gasteiger partial charge in [0.25, 0.3) is 0 Å². The van der Waals surface area contributed by atoms with E-state index in [-0.39, 0.29) is 11.5 Å². The Bertz CT molecular complexity index is 2460. The lowest BCUT2D eigenvalue weighted by atomic mass is 10.0. The van der Waals surface area contributed by atoms with Crippen molar-refractivity contribution in [3.05, 3.63) is 145 Å². The van der Waals surface area contributed by atoms with Gasteiger partial charge in [-0.25, -0.2) is 9.97 Å². The van der Waals surface area contributed by atoms with Crippen LogP contribution in [-0.4, -0.2) is 40.1 Å². The Labute approximate surface area is 286 Å². The van der Waals surface area contributed by atoms with E-state index in [1.165, 1.54) is 0 Å². The second-order valence-corrected chi connectivity index (χ2v) is 12.1. The maximum Gasteiger partial charge on any atom is 0.115 e. The number of aromatic nitrogens is 6. The number of aromatic hydroxyl groups is 2. The number of fused-ring (bicyclic) bond motifs is 8. The first-order valence-corrected chi connectivity index (χ1v) is 16.1. The van der Waals surface area contributed by atoms with Crippen LogP contribution in [0.4, 0.5) is 0 Å². The van der Waals surface area contributed by atoms with E-state index < -0.39 is 0 Å². The lowest BCUT2D eigenvalue weighted by Crippen LogP contribution is -1.90. The Balaban J connectivity index is 1.48. The van der Waals surface area contributed by atoms with Gasteiger partial charge in [0.1, 0.15) is 11.5 Å². The number of phenolic OH excluding ortho intramolecular Hbond substituents is 2. The van der Waals surface area contributed by atoms with E-state index in [0.717, 1.165) is 89.4 Å². The third-order valence-electron chi connectivity index (χ3n) is 9.00. The van der Waals surface area contributed by atoms with Gasteiger partial charge in [-0.1, -0.05) is 24.3 Å². The summed E-state index contributed by atoms with van der Waals surface area (Å²) in [5, 5.41) is 20.3. The molecule has 8 bridgehead atoms. The number of hydrogen-bond donors (Lipinski definition) is 4. The molecular weight excluding hydrogens is 621 g/mol. The van der Waals surface area contributed by atoms with E-state index in [4.69, 9.17) is 9.97 Å². The van der Waals surface area contributed by atoms with Crippen molar-refractivity contribution in [2.75, 3.05) is 0 Å². The molecule has 0 aliphatic carbocycles. The molecule has 0 spiro atoms. The number of benzene rings is 2. The third-order valence-corrected chi connectivity index (χ3v) is 9.00. The molecule has 2 aromatic carbocycles. The zero-order chi connectivity index (χ0) is 33.6. The first kappa shape index (κ1) is 29.1. The molecule has 238 valence electrons. The highest BCUT2D eigenvalue weighted by atomic mass is 16.3. The fourth-order valence-corrected chi connectivity index (χ4v) is 6.71. The van der Waals surface area contributed by atoms with Crippen molar-refractivity contribution in [2.24, 2.45) is 0 Å². The first-order valence-electron chi connectivity index (χ1n) is 16.1. The van der Waals surface area contributed by atoms with Crippen molar-refractivity contribution in [2.45, 2.75) is 0 Å². The molecule has 0 unspecified atom stereocenters. The number of aromatic amines is 2. The Hall–Kier alpha value is -7.06. The lowest BCUT2D eigenvalue weighted by Gasteiger charge is -2.07. The topological polar surface area (TPSA) is 124 Å². The number of hydrogen-bond acceptors (Lipinski definition) is 6. The molecule has 0 amide bonds. The summed E-state index contributed by atoms with van der Waals surface area (Å²) in [6.45, 7) is 0. The van der Waals surface area contributed by atoms with Crippen molar-refractivity contribution in [3.8, 4) is 56.0 Å². The molecule has 0 fully saturated rings. The maximum absolute atomic E-state index is 10.2. The van der Waals surface area contributed by atoms with Crippen LogP contribution in [0.25, 0.3) is 90.9 Å². The van der Waals surface area contributed by atoms with Crippen LogP contribution in [0.3, 0.4) is 0 Å². The predicted octanol–water partition coefficient (Wildman–Crippen LogP) is 9.52. The fraction of sp³-hybridized carbons (Fsp3) is 0. The minimum Gasteiger partial charge on any atom is -0.508 e. The zero-order valence-corrected chi connectivity index (χ0v) is 26.5. The van der Waals surface area contributed by atoms with E-state index in [1.807, 2.05) is 60.7 Å². The average Bonchev–Trinajstić information content (AvgIpc) is 3.98. The monoisotopic (exact) mass is 648 g/mol. The van der Waals surface area contributed by atoms with E-state index in [0.29, 0.717) is 0 Å². The molecule has 7 aromatic rings. The van der Waals surface area contributed by atoms with Crippen LogP contribution < -0.4 is 0 Å². The number of rotatable bonds is 4. The summed E-state index contributed by atoms with van der Waals surface area (Å²) in [6.07, 6.45) is 15.3. The van der Waals surface area contributed by atoms with Crippen molar-refractivity contribution in [1.82, 2.24) is 29.9 Å². The summed E-state index contributed by atoms with van der Waals surface area (Å²) < 4.78 is 0. The Morgan fingerprint density at radius 3 is 0.920 bits per heavy atom. The summed E-state index contributed by atoms with van der Waals surface area (Å²) in [6, 6.07) is 30.5. The van der Waals surface area contributed by atoms with Gasteiger partial charge in [0, 0.05) is 69.1 Å². The molecule has 0 radical (unpaired) electrons. The summed E-state index contributed by atoms with van der Waals surface area (Å²) in [4.78, 5) is 26.5. The molecule has 9 rings (SSSR count). The minimum atomic E-state index is 0.186. The lowest BCUT2D eigenvalue weighted by molar-refractivity contribution is 0.475. The Morgan fingerprint density at radius 2 is 0.620 bits per heavy atom. The normalized spacial score (nSPS) is 12.0. The molecule has 0 atom stereocenters. The molecular formula is C42H28N6O2. The number of H-pyrrole nitrogens is 2. The molecule has 50 heavy (non-hydrogen) atoms. The zero-order valence-electron chi connectivity index (χ0n) is 26.5. The molecule has 7 heterocycles. The average molecular weight is 649 g/mol. The van der Waals surface area contributed by atoms with Crippen molar-refractivity contribution in [1.29, 1.82) is 0 Å². The highest BCUT2D eigenvalue weighted by Crippen LogP contribution is 2.38. The van der Waals surface area contributed by atoms with Gasteiger partial charge in [-0.2, -0.15) is 0 Å². The van der Waals surface area contributed by atoms with E-state index in [2.05, 4.69) is 56.4 Å². The van der Waals surface area contributed by atoms with Gasteiger partial charge < -0.3 is 20.2 Å². The summed E-state index contributed by atoms with van der Waals surface area (Å²) >= 11 is 0. The van der Waals surface area contributed by atoms with Crippen LogP contribution in [0.15, 0.2) is 122 Å². The third kappa shape index (κ3) is 5.12. The predicted molar refractivity (Wildman–Crippen MR) is 200 cm³/mol. The number of pyridine rings is 2. The quantitative estimate of drug-likeness (QED) is 0.151. The smallest absolute Gasteiger partial charge is 0.115 e. The van der Waals surface area contributed by atoms with Crippen LogP contribution in [0.1, 0.15) is 22.8 Å². The molecule has 4 N–H and O–H groups in total. The second kappa shape index (κ2) is 11.9. The van der Waals surface area contributed by atoms with E-state index in [1.54, 1.807) is 49.1 Å². The van der Waals surface area contributed by atoms with Crippen molar-refractivity contribution >= 4 is 46.4 Å². The second-order valence-electron chi connectivity index (χ2n) is 12.1. The summed E-state index contributed by atoms with van der Waals surface area (Å²) in [7, 11) is 0. The number of nitrogens with one attached hydrogen (secondary N) is 2. The summed E-state index contributed by atoms with van der Waals surface area (Å²) in [5.41, 5.74) is 14.0. The highest BCUT2D eigenvalue weighted by molar-refractivity contribution is 5.99. The van der Waals surface area contributed by atoms with Crippen molar-refractivity contribution in [3.63, 3.8) is 0 Å². The number of phenols is 2. The van der Waals surface area contributed by atoms with Crippen molar-refractivity contribution < 1.29 is 10.2 Å². The Morgan fingerprint density at radius 1 is 0.340 bits per heavy atom. The van der Waals surface area contributed by atoms with Gasteiger partial charge in [-0.05, 0) is 119 Å².